The van der Waals surface area contributed by atoms with E-state index in [1.165, 1.54) is 0 Å². The quantitative estimate of drug-likeness (QED) is 0.741. The zero-order chi connectivity index (χ0) is 13.1. The van der Waals surface area contributed by atoms with Crippen molar-refractivity contribution < 1.29 is 16.8 Å². The molecule has 0 saturated heterocycles. The van der Waals surface area contributed by atoms with Crippen molar-refractivity contribution in [2.45, 2.75) is 37.5 Å². The van der Waals surface area contributed by atoms with E-state index >= 15 is 0 Å². The Hall–Kier alpha value is -0.140. The molecule has 0 aliphatic heterocycles. The Morgan fingerprint density at radius 3 is 2.29 bits per heavy atom. The molecule has 0 aromatic carbocycles. The van der Waals surface area contributed by atoms with Gasteiger partial charge in [0.25, 0.3) is 0 Å². The lowest BCUT2D eigenvalue weighted by Gasteiger charge is -2.12. The summed E-state index contributed by atoms with van der Waals surface area (Å²) in [6.45, 7) is 2.83. The molecule has 0 amide bonds. The topological polar surface area (TPSA) is 80.3 Å². The monoisotopic (exact) mass is 283 g/mol. The highest BCUT2D eigenvalue weighted by Crippen LogP contribution is 2.26. The van der Waals surface area contributed by atoms with Crippen molar-refractivity contribution in [1.29, 1.82) is 0 Å². The lowest BCUT2D eigenvalue weighted by Crippen LogP contribution is -2.30. The average Bonchev–Trinajstić information content (AvgIpc) is 2.64. The molecule has 1 rings (SSSR count). The molecule has 0 aromatic rings. The maximum atomic E-state index is 11.9. The minimum absolute atomic E-state index is 0.241. The largest absolute Gasteiger partial charge is 0.314 e. The summed E-state index contributed by atoms with van der Waals surface area (Å²) in [5, 5.41) is 2.87. The molecule has 5 nitrogen and oxygen atoms in total. The van der Waals surface area contributed by atoms with Gasteiger partial charge in [-0.15, -0.1) is 0 Å². The zero-order valence-corrected chi connectivity index (χ0v) is 12.0. The van der Waals surface area contributed by atoms with Crippen LogP contribution in [0.4, 0.5) is 0 Å². The first-order valence-electron chi connectivity index (χ1n) is 5.87. The van der Waals surface area contributed by atoms with Crippen LogP contribution in [0.5, 0.6) is 0 Å². The van der Waals surface area contributed by atoms with Gasteiger partial charge in [-0.2, -0.15) is 0 Å². The van der Waals surface area contributed by atoms with Gasteiger partial charge in [-0.25, -0.2) is 16.8 Å². The van der Waals surface area contributed by atoms with Crippen molar-refractivity contribution in [3.8, 4) is 0 Å². The number of hydrogen-bond acceptors (Lipinski definition) is 5. The van der Waals surface area contributed by atoms with Crippen LogP contribution in [0.2, 0.25) is 0 Å². The van der Waals surface area contributed by atoms with E-state index in [0.717, 1.165) is 19.2 Å². The first kappa shape index (κ1) is 14.9. The van der Waals surface area contributed by atoms with Gasteiger partial charge >= 0.3 is 0 Å². The van der Waals surface area contributed by atoms with Gasteiger partial charge in [-0.3, -0.25) is 0 Å². The Morgan fingerprint density at radius 1 is 1.12 bits per heavy atom. The van der Waals surface area contributed by atoms with E-state index in [-0.39, 0.29) is 22.8 Å². The summed E-state index contributed by atoms with van der Waals surface area (Å²) in [4.78, 5) is 0. The van der Waals surface area contributed by atoms with Crippen LogP contribution in [0.25, 0.3) is 0 Å². The standard InChI is InChI=1S/C10H21NO4S2/c1-3-11-9-4-5-10(8-9)17(14,15)7-6-16(2,12)13/h9-11H,3-8H2,1-2H3. The van der Waals surface area contributed by atoms with Gasteiger partial charge < -0.3 is 5.32 Å². The van der Waals surface area contributed by atoms with Gasteiger partial charge in [0.05, 0.1) is 16.8 Å². The van der Waals surface area contributed by atoms with Gasteiger partial charge in [0, 0.05) is 12.3 Å². The summed E-state index contributed by atoms with van der Waals surface area (Å²) >= 11 is 0. The van der Waals surface area contributed by atoms with E-state index in [1.807, 2.05) is 6.92 Å². The van der Waals surface area contributed by atoms with Crippen molar-refractivity contribution in [1.82, 2.24) is 5.32 Å². The fraction of sp³-hybridized carbons (Fsp3) is 1.00. The molecule has 17 heavy (non-hydrogen) atoms. The SMILES string of the molecule is CCNC1CCC(S(=O)(=O)CCS(C)(=O)=O)C1. The van der Waals surface area contributed by atoms with Gasteiger partial charge in [0.15, 0.2) is 9.84 Å². The molecule has 2 unspecified atom stereocenters. The Balaban J connectivity index is 2.55. The molecular weight excluding hydrogens is 262 g/mol. The fourth-order valence-corrected chi connectivity index (χ4v) is 5.67. The number of rotatable bonds is 6. The van der Waals surface area contributed by atoms with Gasteiger partial charge in [0.1, 0.15) is 9.84 Å². The Kier molecular flexibility index (Phi) is 4.97. The summed E-state index contributed by atoms with van der Waals surface area (Å²) in [5.74, 6) is -0.507. The first-order chi connectivity index (χ1) is 7.74. The third-order valence-electron chi connectivity index (χ3n) is 3.12. The smallest absolute Gasteiger partial charge is 0.154 e. The second-order valence-corrected chi connectivity index (χ2v) is 9.35. The zero-order valence-electron chi connectivity index (χ0n) is 10.3. The van der Waals surface area contributed by atoms with Crippen LogP contribution in [0.3, 0.4) is 0 Å². The van der Waals surface area contributed by atoms with Crippen molar-refractivity contribution in [3.63, 3.8) is 0 Å². The van der Waals surface area contributed by atoms with Crippen LogP contribution in [-0.4, -0.2) is 52.4 Å². The molecule has 1 aliphatic rings. The molecule has 0 spiro atoms. The highest BCUT2D eigenvalue weighted by molar-refractivity contribution is 7.95. The summed E-state index contributed by atoms with van der Waals surface area (Å²) in [7, 11) is -6.47. The number of nitrogens with one attached hydrogen (secondary N) is 1. The van der Waals surface area contributed by atoms with Crippen molar-refractivity contribution in [2.24, 2.45) is 0 Å². The second-order valence-electron chi connectivity index (χ2n) is 4.69. The number of sulfone groups is 2. The Labute approximate surface area is 104 Å². The van der Waals surface area contributed by atoms with Gasteiger partial charge in [-0.1, -0.05) is 6.92 Å². The van der Waals surface area contributed by atoms with Crippen molar-refractivity contribution >= 4 is 19.7 Å². The summed E-state index contributed by atoms with van der Waals surface area (Å²) in [6.07, 6.45) is 3.18. The van der Waals surface area contributed by atoms with Crippen LogP contribution in [0, 0.1) is 0 Å². The normalized spacial score (nSPS) is 26.2. The summed E-state index contributed by atoms with van der Waals surface area (Å²) in [6, 6.07) is 0.262. The second kappa shape index (κ2) is 5.67. The van der Waals surface area contributed by atoms with Gasteiger partial charge in [-0.05, 0) is 25.8 Å². The molecule has 0 aromatic heterocycles. The Bertz CT molecular complexity index is 441. The lowest BCUT2D eigenvalue weighted by molar-refractivity contribution is 0.537. The molecule has 0 heterocycles. The van der Waals surface area contributed by atoms with E-state index in [0.29, 0.717) is 12.8 Å². The van der Waals surface area contributed by atoms with Crippen molar-refractivity contribution in [2.75, 3.05) is 24.3 Å². The van der Waals surface area contributed by atoms with Gasteiger partial charge in [0.2, 0.25) is 0 Å². The average molecular weight is 283 g/mol. The molecule has 0 radical (unpaired) electrons. The molecule has 2 atom stereocenters. The van der Waals surface area contributed by atoms with Crippen molar-refractivity contribution in [3.05, 3.63) is 0 Å². The molecule has 7 heteroatoms. The maximum Gasteiger partial charge on any atom is 0.154 e. The van der Waals surface area contributed by atoms with E-state index < -0.39 is 19.7 Å². The van der Waals surface area contributed by atoms with Crippen LogP contribution in [0.1, 0.15) is 26.2 Å². The van der Waals surface area contributed by atoms with E-state index in [9.17, 15) is 16.8 Å². The first-order valence-corrected chi connectivity index (χ1v) is 9.65. The number of hydrogen-bond donors (Lipinski definition) is 1. The predicted octanol–water partition coefficient (Wildman–Crippen LogP) is -0.0236. The minimum Gasteiger partial charge on any atom is -0.314 e. The third kappa shape index (κ3) is 4.93. The molecule has 1 N–H and O–H groups in total. The Morgan fingerprint density at radius 2 is 1.76 bits per heavy atom. The van der Waals surface area contributed by atoms with Crippen LogP contribution >= 0.6 is 0 Å². The molecule has 1 aliphatic carbocycles. The maximum absolute atomic E-state index is 11.9. The predicted molar refractivity (Wildman–Crippen MR) is 68.6 cm³/mol. The minimum atomic E-state index is -3.26. The van der Waals surface area contributed by atoms with Crippen LogP contribution < -0.4 is 5.32 Å². The highest BCUT2D eigenvalue weighted by Gasteiger charge is 2.33. The third-order valence-corrected chi connectivity index (χ3v) is 6.54. The molecule has 1 fully saturated rings. The summed E-state index contributed by atoms with van der Waals surface area (Å²) in [5.41, 5.74) is 0. The highest BCUT2D eigenvalue weighted by atomic mass is 32.2. The lowest BCUT2D eigenvalue weighted by atomic mass is 10.2. The van der Waals surface area contributed by atoms with Crippen LogP contribution in [-0.2, 0) is 19.7 Å². The fourth-order valence-electron chi connectivity index (χ4n) is 2.17. The molecular formula is C10H21NO4S2. The van der Waals surface area contributed by atoms with E-state index in [2.05, 4.69) is 5.32 Å². The molecule has 1 saturated carbocycles. The molecule has 0 bridgehead atoms. The van der Waals surface area contributed by atoms with Crippen LogP contribution in [0.15, 0.2) is 0 Å². The summed E-state index contributed by atoms with van der Waals surface area (Å²) < 4.78 is 45.8. The van der Waals surface area contributed by atoms with E-state index in [4.69, 9.17) is 0 Å². The molecule has 102 valence electrons. The van der Waals surface area contributed by atoms with E-state index in [1.54, 1.807) is 0 Å².